The average Bonchev–Trinajstić information content (AvgIpc) is 2.49. The van der Waals surface area contributed by atoms with Crippen molar-refractivity contribution in [2.24, 2.45) is 0 Å². The van der Waals surface area contributed by atoms with Crippen LogP contribution >= 0.6 is 12.2 Å². The van der Waals surface area contributed by atoms with Gasteiger partial charge >= 0.3 is 0 Å². The fourth-order valence-electron chi connectivity index (χ4n) is 2.16. The lowest BCUT2D eigenvalue weighted by atomic mass is 9.99. The van der Waals surface area contributed by atoms with E-state index in [2.05, 4.69) is 54.6 Å². The summed E-state index contributed by atoms with van der Waals surface area (Å²) >= 11 is 5.39. The molecular weight excluding hydrogens is 278 g/mol. The predicted molar refractivity (Wildman–Crippen MR) is 92.5 cm³/mol. The zero-order valence-electron chi connectivity index (χ0n) is 12.7. The molecule has 0 unspecified atom stereocenters. The summed E-state index contributed by atoms with van der Waals surface area (Å²) in [6.45, 7) is 6.42. The first-order chi connectivity index (χ1) is 10.1. The zero-order chi connectivity index (χ0) is 15.2. The van der Waals surface area contributed by atoms with Gasteiger partial charge in [-0.2, -0.15) is 0 Å². The molecule has 1 atom stereocenters. The van der Waals surface area contributed by atoms with Gasteiger partial charge in [0, 0.05) is 18.1 Å². The Kier molecular flexibility index (Phi) is 5.28. The number of nitrogens with one attached hydrogen (secondary N) is 2. The van der Waals surface area contributed by atoms with Gasteiger partial charge in [-0.15, -0.1) is 0 Å². The summed E-state index contributed by atoms with van der Waals surface area (Å²) in [4.78, 5) is 3.99. The minimum Gasteiger partial charge on any atom is -0.356 e. The molecule has 2 aromatic rings. The Morgan fingerprint density at radius 2 is 1.86 bits per heavy atom. The number of thiocarbonyl (C=S) groups is 1. The molecule has 1 aromatic heterocycles. The summed E-state index contributed by atoms with van der Waals surface area (Å²) in [5.74, 6) is 0. The van der Waals surface area contributed by atoms with Gasteiger partial charge in [-0.1, -0.05) is 25.1 Å². The standard InChI is InChI=1S/C17H21N3S/c1-4-16(14-6-5-12(2)13(3)11-14)20-17(21)19-15-7-9-18-10-8-15/h5-11,16H,4H2,1-3H3,(H2,18,19,20,21)/t16-/m0/s1. The smallest absolute Gasteiger partial charge is 0.171 e. The molecule has 2 N–H and O–H groups in total. The van der Waals surface area contributed by atoms with Gasteiger partial charge in [0.1, 0.15) is 0 Å². The number of hydrogen-bond acceptors (Lipinski definition) is 2. The number of anilines is 1. The van der Waals surface area contributed by atoms with E-state index in [4.69, 9.17) is 12.2 Å². The van der Waals surface area contributed by atoms with Crippen molar-refractivity contribution in [2.75, 3.05) is 5.32 Å². The van der Waals surface area contributed by atoms with Crippen LogP contribution in [0.5, 0.6) is 0 Å². The molecule has 0 saturated heterocycles. The van der Waals surface area contributed by atoms with E-state index < -0.39 is 0 Å². The average molecular weight is 299 g/mol. The summed E-state index contributed by atoms with van der Waals surface area (Å²) in [7, 11) is 0. The topological polar surface area (TPSA) is 37.0 Å². The van der Waals surface area contributed by atoms with Crippen molar-refractivity contribution in [3.8, 4) is 0 Å². The second-order valence-corrected chi connectivity index (χ2v) is 5.55. The van der Waals surface area contributed by atoms with E-state index in [1.54, 1.807) is 12.4 Å². The summed E-state index contributed by atoms with van der Waals surface area (Å²) in [6, 6.07) is 10.6. The zero-order valence-corrected chi connectivity index (χ0v) is 13.5. The number of aromatic nitrogens is 1. The van der Waals surface area contributed by atoms with Crippen molar-refractivity contribution in [2.45, 2.75) is 33.2 Å². The Bertz CT molecular complexity index is 611. The first-order valence-electron chi connectivity index (χ1n) is 7.15. The fraction of sp³-hybridized carbons (Fsp3) is 0.294. The molecule has 3 nitrogen and oxygen atoms in total. The van der Waals surface area contributed by atoms with Crippen LogP contribution in [0.25, 0.3) is 0 Å². The number of nitrogens with zero attached hydrogens (tertiary/aromatic N) is 1. The molecule has 0 bridgehead atoms. The third-order valence-electron chi connectivity index (χ3n) is 3.59. The SMILES string of the molecule is CC[C@H](NC(=S)Nc1ccncc1)c1ccc(C)c(C)c1. The van der Waals surface area contributed by atoms with Crippen molar-refractivity contribution in [3.63, 3.8) is 0 Å². The predicted octanol–water partition coefficient (Wildman–Crippen LogP) is 4.14. The maximum atomic E-state index is 5.39. The van der Waals surface area contributed by atoms with Crippen LogP contribution in [-0.4, -0.2) is 10.1 Å². The molecule has 21 heavy (non-hydrogen) atoms. The minimum absolute atomic E-state index is 0.214. The molecule has 0 radical (unpaired) electrons. The molecule has 0 aliphatic rings. The highest BCUT2D eigenvalue weighted by molar-refractivity contribution is 7.80. The Hall–Kier alpha value is -1.94. The number of pyridine rings is 1. The molecule has 4 heteroatoms. The van der Waals surface area contributed by atoms with Crippen LogP contribution in [0.4, 0.5) is 5.69 Å². The van der Waals surface area contributed by atoms with Crippen molar-refractivity contribution in [1.29, 1.82) is 0 Å². The molecule has 0 aliphatic carbocycles. The normalized spacial score (nSPS) is 11.8. The van der Waals surface area contributed by atoms with Gasteiger partial charge in [-0.05, 0) is 61.3 Å². The third-order valence-corrected chi connectivity index (χ3v) is 3.81. The van der Waals surface area contributed by atoms with E-state index in [1.807, 2.05) is 12.1 Å². The number of benzene rings is 1. The number of aryl methyl sites for hydroxylation is 2. The second kappa shape index (κ2) is 7.18. The van der Waals surface area contributed by atoms with Crippen molar-refractivity contribution in [3.05, 3.63) is 59.4 Å². The van der Waals surface area contributed by atoms with E-state index >= 15 is 0 Å². The van der Waals surface area contributed by atoms with E-state index in [0.29, 0.717) is 5.11 Å². The maximum Gasteiger partial charge on any atom is 0.171 e. The first-order valence-corrected chi connectivity index (χ1v) is 7.55. The molecule has 0 saturated carbocycles. The quantitative estimate of drug-likeness (QED) is 0.832. The van der Waals surface area contributed by atoms with Crippen molar-refractivity contribution >= 4 is 23.0 Å². The molecule has 1 heterocycles. The van der Waals surface area contributed by atoms with Gasteiger partial charge in [-0.25, -0.2) is 0 Å². The van der Waals surface area contributed by atoms with Gasteiger partial charge in [0.2, 0.25) is 0 Å². The molecular formula is C17H21N3S. The fourth-order valence-corrected chi connectivity index (χ4v) is 2.42. The number of hydrogen-bond donors (Lipinski definition) is 2. The van der Waals surface area contributed by atoms with Crippen LogP contribution in [0, 0.1) is 13.8 Å². The monoisotopic (exact) mass is 299 g/mol. The lowest BCUT2D eigenvalue weighted by Crippen LogP contribution is -2.32. The Balaban J connectivity index is 2.04. The molecule has 0 spiro atoms. The van der Waals surface area contributed by atoms with E-state index in [1.165, 1.54) is 16.7 Å². The van der Waals surface area contributed by atoms with Crippen molar-refractivity contribution < 1.29 is 0 Å². The molecule has 2 rings (SSSR count). The molecule has 0 amide bonds. The van der Waals surface area contributed by atoms with E-state index in [0.717, 1.165) is 12.1 Å². The van der Waals surface area contributed by atoms with Gasteiger partial charge in [0.05, 0.1) is 6.04 Å². The Morgan fingerprint density at radius 3 is 2.48 bits per heavy atom. The summed E-state index contributed by atoms with van der Waals surface area (Å²) in [5.41, 5.74) is 4.82. The van der Waals surface area contributed by atoms with Crippen LogP contribution in [0.2, 0.25) is 0 Å². The van der Waals surface area contributed by atoms with E-state index in [9.17, 15) is 0 Å². The Labute approximate surface area is 131 Å². The minimum atomic E-state index is 0.214. The highest BCUT2D eigenvalue weighted by Crippen LogP contribution is 2.20. The highest BCUT2D eigenvalue weighted by atomic mass is 32.1. The second-order valence-electron chi connectivity index (χ2n) is 5.14. The number of rotatable bonds is 4. The van der Waals surface area contributed by atoms with Crippen molar-refractivity contribution in [1.82, 2.24) is 10.3 Å². The molecule has 110 valence electrons. The first kappa shape index (κ1) is 15.4. The molecule has 1 aromatic carbocycles. The third kappa shape index (κ3) is 4.26. The molecule has 0 aliphatic heterocycles. The van der Waals surface area contributed by atoms with Crippen LogP contribution in [0.1, 0.15) is 36.1 Å². The lowest BCUT2D eigenvalue weighted by Gasteiger charge is -2.21. The summed E-state index contributed by atoms with van der Waals surface area (Å²) < 4.78 is 0. The van der Waals surface area contributed by atoms with Crippen LogP contribution in [-0.2, 0) is 0 Å². The van der Waals surface area contributed by atoms with Gasteiger partial charge in [-0.3, -0.25) is 4.98 Å². The Morgan fingerprint density at radius 1 is 1.14 bits per heavy atom. The van der Waals surface area contributed by atoms with Gasteiger partial charge < -0.3 is 10.6 Å². The maximum absolute atomic E-state index is 5.39. The highest BCUT2D eigenvalue weighted by Gasteiger charge is 2.11. The van der Waals surface area contributed by atoms with Crippen LogP contribution in [0.15, 0.2) is 42.7 Å². The van der Waals surface area contributed by atoms with Gasteiger partial charge in [0.15, 0.2) is 5.11 Å². The van der Waals surface area contributed by atoms with Crippen LogP contribution in [0.3, 0.4) is 0 Å². The lowest BCUT2D eigenvalue weighted by molar-refractivity contribution is 0.628. The van der Waals surface area contributed by atoms with E-state index in [-0.39, 0.29) is 6.04 Å². The van der Waals surface area contributed by atoms with Crippen LogP contribution < -0.4 is 10.6 Å². The summed E-state index contributed by atoms with van der Waals surface area (Å²) in [5, 5.41) is 7.19. The van der Waals surface area contributed by atoms with Gasteiger partial charge in [0.25, 0.3) is 0 Å². The largest absolute Gasteiger partial charge is 0.356 e. The molecule has 0 fully saturated rings. The summed E-state index contributed by atoms with van der Waals surface area (Å²) in [6.07, 6.45) is 4.46.